The van der Waals surface area contributed by atoms with Crippen LogP contribution in [0.5, 0.6) is 5.75 Å². The van der Waals surface area contributed by atoms with E-state index < -0.39 is 0 Å². The van der Waals surface area contributed by atoms with Crippen molar-refractivity contribution in [1.29, 1.82) is 0 Å². The van der Waals surface area contributed by atoms with Crippen molar-refractivity contribution in [1.82, 2.24) is 10.3 Å². The second kappa shape index (κ2) is 7.06. The van der Waals surface area contributed by atoms with Gasteiger partial charge in [-0.3, -0.25) is 4.98 Å². The van der Waals surface area contributed by atoms with Gasteiger partial charge < -0.3 is 10.1 Å². The number of hydrogen-bond donors (Lipinski definition) is 1. The third-order valence-corrected chi connectivity index (χ3v) is 3.44. The van der Waals surface area contributed by atoms with Crippen molar-refractivity contribution in [3.63, 3.8) is 0 Å². The van der Waals surface area contributed by atoms with Gasteiger partial charge >= 0.3 is 0 Å². The Morgan fingerprint density at radius 2 is 2.15 bits per heavy atom. The summed E-state index contributed by atoms with van der Waals surface area (Å²) in [5.74, 6) is 0.968. The molecule has 0 fully saturated rings. The number of pyridine rings is 1. The fourth-order valence-electron chi connectivity index (χ4n) is 2.10. The molecule has 106 valence electrons. The van der Waals surface area contributed by atoms with Crippen molar-refractivity contribution in [2.45, 2.75) is 26.3 Å². The molecule has 0 bridgehead atoms. The summed E-state index contributed by atoms with van der Waals surface area (Å²) in [6.45, 7) is 4.89. The highest BCUT2D eigenvalue weighted by atomic mass is 16.5. The number of hydrogen-bond acceptors (Lipinski definition) is 3. The maximum atomic E-state index is 5.98. The first-order chi connectivity index (χ1) is 9.70. The van der Waals surface area contributed by atoms with Crippen LogP contribution in [0.4, 0.5) is 0 Å². The summed E-state index contributed by atoms with van der Waals surface area (Å²) in [5.41, 5.74) is 3.61. The van der Waals surface area contributed by atoms with Crippen LogP contribution in [-0.4, -0.2) is 18.6 Å². The summed E-state index contributed by atoms with van der Waals surface area (Å²) in [6, 6.07) is 10.7. The lowest BCUT2D eigenvalue weighted by Crippen LogP contribution is -2.14. The molecule has 1 aromatic carbocycles. The van der Waals surface area contributed by atoms with E-state index in [1.807, 2.05) is 19.3 Å². The van der Waals surface area contributed by atoms with Crippen LogP contribution in [0, 0.1) is 6.92 Å². The summed E-state index contributed by atoms with van der Waals surface area (Å²) >= 11 is 0. The minimum absolute atomic E-state index is 0.281. The second-order valence-electron chi connectivity index (χ2n) is 5.01. The highest BCUT2D eigenvalue weighted by molar-refractivity contribution is 5.39. The van der Waals surface area contributed by atoms with Crippen molar-refractivity contribution in [3.8, 4) is 5.75 Å². The number of rotatable bonds is 6. The molecular weight excluding hydrogens is 248 g/mol. The molecule has 0 saturated heterocycles. The Bertz CT molecular complexity index is 540. The predicted octanol–water partition coefficient (Wildman–Crippen LogP) is 3.29. The molecule has 1 atom stereocenters. The predicted molar refractivity (Wildman–Crippen MR) is 82.1 cm³/mol. The molecule has 1 unspecified atom stereocenters. The summed E-state index contributed by atoms with van der Waals surface area (Å²) in [6.07, 6.45) is 4.55. The molecule has 0 amide bonds. The minimum Gasteiger partial charge on any atom is -0.493 e. The summed E-state index contributed by atoms with van der Waals surface area (Å²) in [4.78, 5) is 4.12. The number of aromatic nitrogens is 1. The maximum absolute atomic E-state index is 5.98. The molecule has 1 aromatic heterocycles. The second-order valence-corrected chi connectivity index (χ2v) is 5.01. The van der Waals surface area contributed by atoms with E-state index in [9.17, 15) is 0 Å². The molecule has 2 rings (SSSR count). The van der Waals surface area contributed by atoms with E-state index in [1.165, 1.54) is 16.7 Å². The zero-order valence-corrected chi connectivity index (χ0v) is 12.4. The van der Waals surface area contributed by atoms with Gasteiger partial charge in [0.15, 0.2) is 0 Å². The van der Waals surface area contributed by atoms with Crippen LogP contribution >= 0.6 is 0 Å². The van der Waals surface area contributed by atoms with Gasteiger partial charge in [0.1, 0.15) is 5.75 Å². The molecule has 0 radical (unpaired) electrons. The first-order valence-electron chi connectivity index (χ1n) is 7.00. The summed E-state index contributed by atoms with van der Waals surface area (Å²) in [7, 11) is 1.96. The van der Waals surface area contributed by atoms with Crippen molar-refractivity contribution in [2.75, 3.05) is 13.7 Å². The van der Waals surface area contributed by atoms with Gasteiger partial charge in [-0.1, -0.05) is 18.2 Å². The normalized spacial score (nSPS) is 12.2. The Morgan fingerprint density at radius 1 is 1.30 bits per heavy atom. The van der Waals surface area contributed by atoms with Gasteiger partial charge in [0.05, 0.1) is 6.61 Å². The van der Waals surface area contributed by atoms with E-state index in [2.05, 4.69) is 48.4 Å². The van der Waals surface area contributed by atoms with Crippen LogP contribution in [0.25, 0.3) is 0 Å². The third-order valence-electron chi connectivity index (χ3n) is 3.44. The monoisotopic (exact) mass is 270 g/mol. The lowest BCUT2D eigenvalue weighted by molar-refractivity contribution is 0.315. The Morgan fingerprint density at radius 3 is 2.85 bits per heavy atom. The molecule has 2 aromatic rings. The number of aryl methyl sites for hydroxylation is 1. The van der Waals surface area contributed by atoms with Gasteiger partial charge in [-0.25, -0.2) is 0 Å². The van der Waals surface area contributed by atoms with Crippen molar-refractivity contribution < 1.29 is 4.74 Å². The molecule has 3 nitrogen and oxygen atoms in total. The maximum Gasteiger partial charge on any atom is 0.124 e. The molecule has 0 saturated carbocycles. The molecule has 20 heavy (non-hydrogen) atoms. The fourth-order valence-corrected chi connectivity index (χ4v) is 2.10. The minimum atomic E-state index is 0.281. The lowest BCUT2D eigenvalue weighted by atomic mass is 10.1. The number of nitrogens with zero attached hydrogens (tertiary/aromatic N) is 1. The first-order valence-corrected chi connectivity index (χ1v) is 7.00. The Balaban J connectivity index is 2.03. The zero-order valence-electron chi connectivity index (χ0n) is 12.4. The molecule has 0 spiro atoms. The first kappa shape index (κ1) is 14.5. The average molecular weight is 270 g/mol. The van der Waals surface area contributed by atoms with Crippen LogP contribution < -0.4 is 10.1 Å². The topological polar surface area (TPSA) is 34.1 Å². The van der Waals surface area contributed by atoms with Gasteiger partial charge in [-0.05, 0) is 44.2 Å². The quantitative estimate of drug-likeness (QED) is 0.874. The van der Waals surface area contributed by atoms with Crippen LogP contribution in [-0.2, 0) is 6.42 Å². The number of nitrogens with one attached hydrogen (secondary N) is 1. The van der Waals surface area contributed by atoms with Gasteiger partial charge in [-0.15, -0.1) is 0 Å². The third kappa shape index (κ3) is 3.81. The van der Waals surface area contributed by atoms with Crippen LogP contribution in [0.1, 0.15) is 29.7 Å². The Hall–Kier alpha value is -1.87. The highest BCUT2D eigenvalue weighted by Crippen LogP contribution is 2.26. The van der Waals surface area contributed by atoms with E-state index in [1.54, 1.807) is 6.20 Å². The smallest absolute Gasteiger partial charge is 0.124 e. The molecule has 0 aliphatic heterocycles. The standard InChI is InChI=1S/C17H22N2O/c1-13-6-7-16(14(2)18-3)17(11-13)20-10-8-15-5-4-9-19-12-15/h4-7,9,11-12,14,18H,8,10H2,1-3H3. The number of benzene rings is 1. The average Bonchev–Trinajstić information content (AvgIpc) is 2.48. The lowest BCUT2D eigenvalue weighted by Gasteiger charge is -2.17. The summed E-state index contributed by atoms with van der Waals surface area (Å²) in [5, 5.41) is 3.26. The van der Waals surface area contributed by atoms with Gasteiger partial charge in [-0.2, -0.15) is 0 Å². The largest absolute Gasteiger partial charge is 0.493 e. The molecule has 0 aliphatic carbocycles. The Labute approximate surface area is 121 Å². The van der Waals surface area contributed by atoms with Crippen LogP contribution in [0.3, 0.4) is 0 Å². The zero-order chi connectivity index (χ0) is 14.4. The summed E-state index contributed by atoms with van der Waals surface area (Å²) < 4.78 is 5.98. The van der Waals surface area contributed by atoms with Crippen molar-refractivity contribution >= 4 is 0 Å². The fraction of sp³-hybridized carbons (Fsp3) is 0.353. The molecule has 1 N–H and O–H groups in total. The molecule has 1 heterocycles. The molecule has 0 aliphatic rings. The van der Waals surface area contributed by atoms with Gasteiger partial charge in [0, 0.05) is 30.4 Å². The van der Waals surface area contributed by atoms with E-state index in [0.717, 1.165) is 12.2 Å². The van der Waals surface area contributed by atoms with Gasteiger partial charge in [0.25, 0.3) is 0 Å². The van der Waals surface area contributed by atoms with E-state index >= 15 is 0 Å². The van der Waals surface area contributed by atoms with Crippen LogP contribution in [0.2, 0.25) is 0 Å². The van der Waals surface area contributed by atoms with Crippen molar-refractivity contribution in [3.05, 3.63) is 59.4 Å². The number of ether oxygens (including phenoxy) is 1. The van der Waals surface area contributed by atoms with Crippen molar-refractivity contribution in [2.24, 2.45) is 0 Å². The van der Waals surface area contributed by atoms with E-state index in [0.29, 0.717) is 6.61 Å². The molecular formula is C17H22N2O. The molecule has 3 heteroatoms. The van der Waals surface area contributed by atoms with E-state index in [4.69, 9.17) is 4.74 Å². The van der Waals surface area contributed by atoms with E-state index in [-0.39, 0.29) is 6.04 Å². The van der Waals surface area contributed by atoms with Gasteiger partial charge in [0.2, 0.25) is 0 Å². The SMILES string of the molecule is CNC(C)c1ccc(C)cc1OCCc1cccnc1. The Kier molecular flexibility index (Phi) is 5.13. The highest BCUT2D eigenvalue weighted by Gasteiger charge is 2.10. The van der Waals surface area contributed by atoms with Crippen LogP contribution in [0.15, 0.2) is 42.7 Å².